The second-order valence-electron chi connectivity index (χ2n) is 9.30. The van der Waals surface area contributed by atoms with Gasteiger partial charge in [0.2, 0.25) is 0 Å². The molecule has 0 radical (unpaired) electrons. The third-order valence-corrected chi connectivity index (χ3v) is 6.41. The number of aromatic nitrogens is 4. The van der Waals surface area contributed by atoms with Crippen LogP contribution in [0.4, 0.5) is 4.39 Å². The maximum absolute atomic E-state index is 13.4. The van der Waals surface area contributed by atoms with E-state index in [1.165, 1.54) is 0 Å². The second kappa shape index (κ2) is 8.35. The minimum absolute atomic E-state index is 0.0502. The number of nitrogens with two attached hydrogens (primary N) is 1. The van der Waals surface area contributed by atoms with Crippen LogP contribution in [0.2, 0.25) is 0 Å². The van der Waals surface area contributed by atoms with E-state index in [1.54, 1.807) is 0 Å². The fraction of sp³-hybridized carbons (Fsp3) is 0.400. The minimum atomic E-state index is -0.745. The first-order valence-electron chi connectivity index (χ1n) is 11.4. The Labute approximate surface area is 192 Å². The number of likely N-dealkylation sites (tertiary alicyclic amines) is 1. The van der Waals surface area contributed by atoms with E-state index in [-0.39, 0.29) is 12.1 Å². The van der Waals surface area contributed by atoms with Crippen molar-refractivity contribution < 1.29 is 9.13 Å². The molecule has 4 aromatic rings. The summed E-state index contributed by atoms with van der Waals surface area (Å²) in [7, 11) is 0. The summed E-state index contributed by atoms with van der Waals surface area (Å²) < 4.78 is 21.3. The lowest BCUT2D eigenvalue weighted by Gasteiger charge is -2.26. The molecule has 3 aromatic heterocycles. The van der Waals surface area contributed by atoms with Crippen molar-refractivity contribution >= 4 is 16.6 Å². The Morgan fingerprint density at radius 3 is 2.73 bits per heavy atom. The number of nitrogens with zero attached hydrogens (tertiary/aromatic N) is 5. The molecular weight excluding hydrogens is 419 g/mol. The monoisotopic (exact) mass is 448 g/mol. The number of benzene rings is 1. The van der Waals surface area contributed by atoms with Crippen molar-refractivity contribution in [1.82, 2.24) is 24.5 Å². The highest BCUT2D eigenvalue weighted by Gasteiger charge is 2.36. The van der Waals surface area contributed by atoms with Gasteiger partial charge in [0, 0.05) is 30.7 Å². The van der Waals surface area contributed by atoms with Crippen molar-refractivity contribution in [3.05, 3.63) is 54.2 Å². The molecule has 1 aromatic carbocycles. The predicted molar refractivity (Wildman–Crippen MR) is 127 cm³/mol. The second-order valence-corrected chi connectivity index (χ2v) is 9.30. The van der Waals surface area contributed by atoms with Gasteiger partial charge in [-0.05, 0) is 51.0 Å². The van der Waals surface area contributed by atoms with Gasteiger partial charge in [-0.1, -0.05) is 24.3 Å². The fourth-order valence-corrected chi connectivity index (χ4v) is 4.50. The number of pyridine rings is 2. The normalized spacial score (nSPS) is 20.2. The van der Waals surface area contributed by atoms with Crippen LogP contribution in [0.3, 0.4) is 0 Å². The van der Waals surface area contributed by atoms with Gasteiger partial charge in [-0.25, -0.2) is 9.37 Å². The molecule has 0 aliphatic carbocycles. The number of ether oxygens (including phenoxy) is 1. The Balaban J connectivity index is 1.52. The van der Waals surface area contributed by atoms with Gasteiger partial charge in [0.15, 0.2) is 11.5 Å². The maximum Gasteiger partial charge on any atom is 0.187 e. The van der Waals surface area contributed by atoms with Crippen LogP contribution >= 0.6 is 0 Å². The van der Waals surface area contributed by atoms with Crippen LogP contribution in [0.15, 0.2) is 48.7 Å². The Hall–Kier alpha value is -3.10. The van der Waals surface area contributed by atoms with Crippen molar-refractivity contribution in [3.63, 3.8) is 0 Å². The van der Waals surface area contributed by atoms with Gasteiger partial charge in [0.1, 0.15) is 23.6 Å². The zero-order chi connectivity index (χ0) is 23.2. The van der Waals surface area contributed by atoms with Gasteiger partial charge in [-0.3, -0.25) is 9.30 Å². The molecule has 5 rings (SSSR count). The van der Waals surface area contributed by atoms with Gasteiger partial charge in [0.25, 0.3) is 0 Å². The molecular formula is C25H29FN6O. The van der Waals surface area contributed by atoms with Gasteiger partial charge < -0.3 is 10.5 Å². The van der Waals surface area contributed by atoms with E-state index < -0.39 is 12.2 Å². The molecule has 2 N–H and O–H groups in total. The summed E-state index contributed by atoms with van der Waals surface area (Å²) in [5.74, 6) is 1.42. The van der Waals surface area contributed by atoms with Crippen LogP contribution < -0.4 is 10.5 Å². The number of hydrogen-bond donors (Lipinski definition) is 1. The van der Waals surface area contributed by atoms with E-state index in [0.29, 0.717) is 18.8 Å². The van der Waals surface area contributed by atoms with E-state index in [0.717, 1.165) is 40.1 Å². The van der Waals surface area contributed by atoms with Crippen LogP contribution in [0.25, 0.3) is 28.1 Å². The lowest BCUT2D eigenvalue weighted by Crippen LogP contribution is -2.45. The molecule has 7 nitrogen and oxygen atoms in total. The lowest BCUT2D eigenvalue weighted by atomic mass is 10.0. The average Bonchev–Trinajstić information content (AvgIpc) is 3.42. The van der Waals surface area contributed by atoms with Gasteiger partial charge >= 0.3 is 0 Å². The highest BCUT2D eigenvalue weighted by molar-refractivity contribution is 5.86. The average molecular weight is 449 g/mol. The molecule has 0 saturated carbocycles. The minimum Gasteiger partial charge on any atom is -0.489 e. The van der Waals surface area contributed by atoms with Crippen LogP contribution in [0.1, 0.15) is 38.8 Å². The van der Waals surface area contributed by atoms with Crippen LogP contribution in [-0.2, 0) is 0 Å². The molecule has 0 bridgehead atoms. The zero-order valence-corrected chi connectivity index (χ0v) is 19.2. The number of halogens is 1. The van der Waals surface area contributed by atoms with Gasteiger partial charge in [0.05, 0.1) is 11.6 Å². The highest BCUT2D eigenvalue weighted by Crippen LogP contribution is 2.31. The van der Waals surface area contributed by atoms with Crippen LogP contribution in [0, 0.1) is 0 Å². The Morgan fingerprint density at radius 1 is 1.12 bits per heavy atom. The number of alkyl halides is 1. The molecule has 1 aliphatic rings. The number of para-hydroxylation sites is 1. The smallest absolute Gasteiger partial charge is 0.187 e. The first-order chi connectivity index (χ1) is 15.9. The van der Waals surface area contributed by atoms with Crippen molar-refractivity contribution in [2.24, 2.45) is 5.73 Å². The summed E-state index contributed by atoms with van der Waals surface area (Å²) in [5.41, 5.74) is 8.78. The lowest BCUT2D eigenvalue weighted by molar-refractivity contribution is 0.229. The highest BCUT2D eigenvalue weighted by atomic mass is 19.1. The zero-order valence-electron chi connectivity index (χ0n) is 19.2. The summed E-state index contributed by atoms with van der Waals surface area (Å²) in [6.45, 7) is 6.95. The van der Waals surface area contributed by atoms with Crippen molar-refractivity contribution in [2.75, 3.05) is 19.8 Å². The molecule has 4 heterocycles. The van der Waals surface area contributed by atoms with Gasteiger partial charge in [-0.15, -0.1) is 10.2 Å². The topological polar surface area (TPSA) is 81.6 Å². The van der Waals surface area contributed by atoms with Crippen molar-refractivity contribution in [3.8, 4) is 17.3 Å². The molecule has 1 fully saturated rings. The Morgan fingerprint density at radius 2 is 1.97 bits per heavy atom. The van der Waals surface area contributed by atoms with E-state index in [1.807, 2.05) is 66.9 Å². The maximum atomic E-state index is 13.4. The molecule has 172 valence electrons. The molecule has 1 saturated heterocycles. The summed E-state index contributed by atoms with van der Waals surface area (Å²) in [6, 6.07) is 14.0. The molecule has 1 aliphatic heterocycles. The summed E-state index contributed by atoms with van der Waals surface area (Å²) in [6.07, 6.45) is 2.76. The Bertz CT molecular complexity index is 1300. The fourth-order valence-electron chi connectivity index (χ4n) is 4.50. The van der Waals surface area contributed by atoms with E-state index >= 15 is 0 Å². The largest absolute Gasteiger partial charge is 0.489 e. The molecule has 0 unspecified atom stereocenters. The number of fused-ring (bicyclic) bond motifs is 2. The van der Waals surface area contributed by atoms with E-state index in [9.17, 15) is 4.39 Å². The predicted octanol–water partition coefficient (Wildman–Crippen LogP) is 4.17. The quantitative estimate of drug-likeness (QED) is 0.477. The van der Waals surface area contributed by atoms with Crippen molar-refractivity contribution in [2.45, 2.75) is 44.9 Å². The molecule has 33 heavy (non-hydrogen) atoms. The standard InChI is InChI=1S/C25H29FN6O/c1-16(2)33-21-6-4-5-18-7-9-20(28-23(18)21)24-30-29-22-10-8-19(13-32(22)24)17(3)31-12-11-25(27,14-26)15-31/h4-10,13,16-17H,11-12,14-15,27H2,1-3H3/t17-,25-/m0/s1. The van der Waals surface area contributed by atoms with Crippen LogP contribution in [-0.4, -0.2) is 55.9 Å². The molecule has 8 heteroatoms. The first kappa shape index (κ1) is 21.7. The third-order valence-electron chi connectivity index (χ3n) is 6.41. The molecule has 2 atom stereocenters. The number of hydrogen-bond acceptors (Lipinski definition) is 6. The van der Waals surface area contributed by atoms with E-state index in [4.69, 9.17) is 15.5 Å². The summed E-state index contributed by atoms with van der Waals surface area (Å²) in [4.78, 5) is 7.12. The Kier molecular flexibility index (Phi) is 5.50. The molecule has 0 spiro atoms. The van der Waals surface area contributed by atoms with E-state index in [2.05, 4.69) is 22.0 Å². The summed E-state index contributed by atoms with van der Waals surface area (Å²) >= 11 is 0. The van der Waals surface area contributed by atoms with Crippen molar-refractivity contribution in [1.29, 1.82) is 0 Å². The SMILES string of the molecule is CC(C)Oc1cccc2ccc(-c3nnc4ccc([C@H](C)N5CC[C@](N)(CF)C5)cn34)nc12. The summed E-state index contributed by atoms with van der Waals surface area (Å²) in [5, 5.41) is 9.77. The van der Waals surface area contributed by atoms with Crippen LogP contribution in [0.5, 0.6) is 5.75 Å². The molecule has 0 amide bonds. The number of rotatable bonds is 6. The third kappa shape index (κ3) is 4.05. The first-order valence-corrected chi connectivity index (χ1v) is 11.4. The van der Waals surface area contributed by atoms with Gasteiger partial charge in [-0.2, -0.15) is 0 Å².